The maximum Gasteiger partial charge on any atom is 0.231 e. The fraction of sp³-hybridized carbons (Fsp3) is 0.318. The van der Waals surface area contributed by atoms with Crippen LogP contribution in [0.2, 0.25) is 0 Å². The quantitative estimate of drug-likeness (QED) is 0.498. The molecule has 1 aromatic carbocycles. The first kappa shape index (κ1) is 18.1. The number of nitrogens with zero attached hydrogens (tertiary/aromatic N) is 3. The van der Waals surface area contributed by atoms with Crippen molar-refractivity contribution in [3.63, 3.8) is 0 Å². The van der Waals surface area contributed by atoms with Crippen LogP contribution >= 0.6 is 11.3 Å². The smallest absolute Gasteiger partial charge is 0.231 e. The Hall–Kier alpha value is -2.93. The molecule has 2 N–H and O–H groups in total. The molecule has 0 spiro atoms. The third-order valence-electron chi connectivity index (χ3n) is 5.39. The van der Waals surface area contributed by atoms with Crippen molar-refractivity contribution in [3.05, 3.63) is 57.4 Å². The first-order valence-corrected chi connectivity index (χ1v) is 10.6. The molecule has 6 nitrogen and oxygen atoms in total. The number of H-pyrrole nitrogens is 1. The maximum atomic E-state index is 12.6. The first-order valence-electron chi connectivity index (χ1n) is 9.76. The zero-order valence-corrected chi connectivity index (χ0v) is 17.7. The van der Waals surface area contributed by atoms with E-state index in [2.05, 4.69) is 48.2 Å². The van der Waals surface area contributed by atoms with E-state index in [1.165, 1.54) is 9.75 Å². The molecule has 148 valence electrons. The van der Waals surface area contributed by atoms with Gasteiger partial charge in [-0.2, -0.15) is 9.78 Å². The molecule has 1 amide bonds. The summed E-state index contributed by atoms with van der Waals surface area (Å²) in [5.74, 6) is 1.34. The molecule has 0 saturated carbocycles. The first-order chi connectivity index (χ1) is 13.8. The van der Waals surface area contributed by atoms with Crippen molar-refractivity contribution in [1.29, 1.82) is 0 Å². The number of hydrogen-bond acceptors (Lipinski definition) is 4. The van der Waals surface area contributed by atoms with Gasteiger partial charge in [0.25, 0.3) is 0 Å². The third-order valence-corrected chi connectivity index (χ3v) is 7.01. The number of para-hydroxylation sites is 2. The predicted octanol–water partition coefficient (Wildman–Crippen LogP) is 4.89. The molecule has 0 fully saturated rings. The van der Waals surface area contributed by atoms with E-state index in [1.807, 2.05) is 31.2 Å². The predicted molar refractivity (Wildman–Crippen MR) is 116 cm³/mol. The number of rotatable bonds is 2. The van der Waals surface area contributed by atoms with Crippen molar-refractivity contribution >= 4 is 34.1 Å². The van der Waals surface area contributed by atoms with Gasteiger partial charge < -0.3 is 10.3 Å². The van der Waals surface area contributed by atoms with E-state index < -0.39 is 0 Å². The summed E-state index contributed by atoms with van der Waals surface area (Å²) < 4.78 is 1.73. The summed E-state index contributed by atoms with van der Waals surface area (Å²) in [5, 5.41) is 7.77. The van der Waals surface area contributed by atoms with E-state index in [0.29, 0.717) is 18.2 Å². The molecule has 0 bridgehead atoms. The zero-order chi connectivity index (χ0) is 20.3. The van der Waals surface area contributed by atoms with Crippen molar-refractivity contribution in [1.82, 2.24) is 19.7 Å². The number of nitrogens with one attached hydrogen (secondary N) is 2. The largest absolute Gasteiger partial charge is 0.322 e. The van der Waals surface area contributed by atoms with Crippen LogP contribution in [0.25, 0.3) is 17.0 Å². The molecular formula is C22H23N5OS. The molecule has 1 aliphatic rings. The summed E-state index contributed by atoms with van der Waals surface area (Å²) in [6, 6.07) is 12.2. The van der Waals surface area contributed by atoms with Crippen LogP contribution in [0.4, 0.5) is 5.82 Å². The molecule has 3 aromatic heterocycles. The van der Waals surface area contributed by atoms with Crippen molar-refractivity contribution in [2.24, 2.45) is 0 Å². The van der Waals surface area contributed by atoms with Crippen LogP contribution in [-0.4, -0.2) is 25.7 Å². The number of aromatic amines is 1. The highest BCUT2D eigenvalue weighted by Gasteiger charge is 2.34. The number of amides is 1. The summed E-state index contributed by atoms with van der Waals surface area (Å²) in [5.41, 5.74) is 3.90. The van der Waals surface area contributed by atoms with E-state index in [-0.39, 0.29) is 17.2 Å². The van der Waals surface area contributed by atoms with Crippen LogP contribution in [0.5, 0.6) is 0 Å². The summed E-state index contributed by atoms with van der Waals surface area (Å²) >= 11 is 1.79. The van der Waals surface area contributed by atoms with Crippen LogP contribution in [0, 0.1) is 6.92 Å². The number of hydrogen-bond donors (Lipinski definition) is 2. The number of anilines is 1. The molecule has 7 heteroatoms. The van der Waals surface area contributed by atoms with Crippen molar-refractivity contribution in [2.75, 3.05) is 5.32 Å². The van der Waals surface area contributed by atoms with Gasteiger partial charge in [-0.15, -0.1) is 11.3 Å². The molecular weight excluding hydrogens is 382 g/mol. The highest BCUT2D eigenvalue weighted by Crippen LogP contribution is 2.43. The summed E-state index contributed by atoms with van der Waals surface area (Å²) in [7, 11) is 0. The molecule has 5 rings (SSSR count). The SMILES string of the molecule is Cc1nn(-c2nc3ccccc3[nH]2)c2c1[C@@H](c1ccc(C(C)(C)C)s1)CC(=O)N2. The average molecular weight is 406 g/mol. The monoisotopic (exact) mass is 405 g/mol. The van der Waals surface area contributed by atoms with Crippen LogP contribution in [0.1, 0.15) is 54.1 Å². The Bertz CT molecular complexity index is 1210. The minimum Gasteiger partial charge on any atom is -0.322 e. The standard InChI is InChI=1S/C22H23N5OS/c1-12-19-13(16-9-10-17(29-16)22(2,3)4)11-18(28)25-20(19)27(26-12)21-23-14-7-5-6-8-15(14)24-21/h5-10,13H,11H2,1-4H3,(H,23,24)(H,25,28)/t13-/m1/s1. The second-order valence-electron chi connectivity index (χ2n) is 8.59. The number of benzene rings is 1. The maximum absolute atomic E-state index is 12.6. The Balaban J connectivity index is 1.63. The molecule has 0 saturated heterocycles. The van der Waals surface area contributed by atoms with Gasteiger partial charge in [0.2, 0.25) is 11.9 Å². The van der Waals surface area contributed by atoms with E-state index in [1.54, 1.807) is 16.0 Å². The van der Waals surface area contributed by atoms with E-state index in [9.17, 15) is 4.79 Å². The van der Waals surface area contributed by atoms with Gasteiger partial charge in [-0.05, 0) is 36.6 Å². The van der Waals surface area contributed by atoms with Crippen molar-refractivity contribution < 1.29 is 4.79 Å². The zero-order valence-electron chi connectivity index (χ0n) is 16.9. The van der Waals surface area contributed by atoms with Crippen molar-refractivity contribution in [2.45, 2.75) is 45.4 Å². The Morgan fingerprint density at radius 2 is 1.97 bits per heavy atom. The van der Waals surface area contributed by atoms with Gasteiger partial charge in [0.05, 0.1) is 16.7 Å². The van der Waals surface area contributed by atoms with Gasteiger partial charge >= 0.3 is 0 Å². The normalized spacial score (nSPS) is 16.8. The lowest BCUT2D eigenvalue weighted by molar-refractivity contribution is -0.116. The minimum atomic E-state index is 0.00506. The number of aryl methyl sites for hydroxylation is 1. The van der Waals surface area contributed by atoms with E-state index in [0.717, 1.165) is 22.3 Å². The molecule has 1 aliphatic heterocycles. The number of thiophene rings is 1. The average Bonchev–Trinajstić information content (AvgIpc) is 3.37. The second kappa shape index (κ2) is 6.29. The van der Waals surface area contributed by atoms with Gasteiger partial charge in [-0.3, -0.25) is 4.79 Å². The Morgan fingerprint density at radius 1 is 1.17 bits per heavy atom. The molecule has 0 unspecified atom stereocenters. The molecule has 0 aliphatic carbocycles. The molecule has 29 heavy (non-hydrogen) atoms. The number of aromatic nitrogens is 4. The van der Waals surface area contributed by atoms with Crippen molar-refractivity contribution in [3.8, 4) is 5.95 Å². The van der Waals surface area contributed by atoms with E-state index in [4.69, 9.17) is 5.10 Å². The van der Waals surface area contributed by atoms with Gasteiger partial charge in [0, 0.05) is 27.7 Å². The Labute approximate surface area is 173 Å². The third kappa shape index (κ3) is 2.97. The highest BCUT2D eigenvalue weighted by molar-refractivity contribution is 7.12. The van der Waals surface area contributed by atoms with E-state index >= 15 is 0 Å². The van der Waals surface area contributed by atoms with Gasteiger partial charge in [-0.25, -0.2) is 4.98 Å². The lowest BCUT2D eigenvalue weighted by Gasteiger charge is -2.23. The number of carbonyl (C=O) groups is 1. The fourth-order valence-electron chi connectivity index (χ4n) is 3.93. The number of carbonyl (C=O) groups excluding carboxylic acids is 1. The van der Waals surface area contributed by atoms with Crippen LogP contribution < -0.4 is 5.32 Å². The summed E-state index contributed by atoms with van der Waals surface area (Å²) in [4.78, 5) is 23.1. The Kier molecular flexibility index (Phi) is 3.93. The fourth-order valence-corrected chi connectivity index (χ4v) is 5.10. The van der Waals surface area contributed by atoms with Crippen LogP contribution in [0.3, 0.4) is 0 Å². The molecule has 4 heterocycles. The number of fused-ring (bicyclic) bond motifs is 2. The van der Waals surface area contributed by atoms with Crippen LogP contribution in [-0.2, 0) is 10.2 Å². The minimum absolute atomic E-state index is 0.00506. The van der Waals surface area contributed by atoms with Gasteiger partial charge in [0.1, 0.15) is 5.82 Å². The lowest BCUT2D eigenvalue weighted by Crippen LogP contribution is -2.24. The molecule has 4 aromatic rings. The number of imidazole rings is 1. The lowest BCUT2D eigenvalue weighted by atomic mass is 9.90. The molecule has 0 radical (unpaired) electrons. The van der Waals surface area contributed by atoms with Gasteiger partial charge in [-0.1, -0.05) is 32.9 Å². The van der Waals surface area contributed by atoms with Gasteiger partial charge in [0.15, 0.2) is 0 Å². The topological polar surface area (TPSA) is 75.6 Å². The second-order valence-corrected chi connectivity index (χ2v) is 9.71. The van der Waals surface area contributed by atoms with Crippen LogP contribution in [0.15, 0.2) is 36.4 Å². The summed E-state index contributed by atoms with van der Waals surface area (Å²) in [6.45, 7) is 8.65. The molecule has 1 atom stereocenters. The Morgan fingerprint density at radius 3 is 2.69 bits per heavy atom. The summed E-state index contributed by atoms with van der Waals surface area (Å²) in [6.07, 6.45) is 0.434. The highest BCUT2D eigenvalue weighted by atomic mass is 32.1.